The Hall–Kier alpha value is -0.780. The van der Waals surface area contributed by atoms with Crippen molar-refractivity contribution < 1.29 is 44.8 Å². The molecule has 3 rings (SSSR count). The number of hydrogen-bond acceptors (Lipinski definition) is 9. The molecule has 0 spiro atoms. The van der Waals surface area contributed by atoms with Gasteiger partial charge in [-0.15, -0.1) is 0 Å². The zero-order valence-corrected chi connectivity index (χ0v) is 13.2. The van der Waals surface area contributed by atoms with Crippen molar-refractivity contribution in [2.45, 2.75) is 62.0 Å². The molecule has 2 heterocycles. The SMILES string of the molecule is CC1(O)CC(O)C2C=COC(O[C@@H]3[C@@H](O)[C@H](O)[C@@H](CO)O[C@H]3O)C21. The van der Waals surface area contributed by atoms with E-state index in [0.29, 0.717) is 0 Å². The molecule has 0 bridgehead atoms. The number of hydrogen-bond donors (Lipinski definition) is 6. The molecule has 0 amide bonds. The second kappa shape index (κ2) is 6.50. The third-order valence-electron chi connectivity index (χ3n) is 5.14. The Morgan fingerprint density at radius 1 is 1.21 bits per heavy atom. The zero-order valence-electron chi connectivity index (χ0n) is 13.2. The summed E-state index contributed by atoms with van der Waals surface area (Å²) in [5.74, 6) is -1.02. The molecule has 0 aromatic carbocycles. The van der Waals surface area contributed by atoms with Gasteiger partial charge in [-0.05, 0) is 13.0 Å². The third-order valence-corrected chi connectivity index (χ3v) is 5.14. The molecular formula is C15H24O9. The van der Waals surface area contributed by atoms with Crippen LogP contribution in [0.5, 0.6) is 0 Å². The van der Waals surface area contributed by atoms with E-state index < -0.39 is 67.1 Å². The second-order valence-electron chi connectivity index (χ2n) is 6.89. The van der Waals surface area contributed by atoms with E-state index in [1.54, 1.807) is 13.0 Å². The van der Waals surface area contributed by atoms with Crippen molar-refractivity contribution in [3.8, 4) is 0 Å². The number of aliphatic hydroxyl groups is 6. The lowest BCUT2D eigenvalue weighted by Crippen LogP contribution is -2.61. The van der Waals surface area contributed by atoms with Gasteiger partial charge in [0.1, 0.15) is 24.4 Å². The van der Waals surface area contributed by atoms with E-state index in [9.17, 15) is 25.5 Å². The fraction of sp³-hybridized carbons (Fsp3) is 0.867. The topological polar surface area (TPSA) is 149 Å². The minimum atomic E-state index is -1.59. The molecule has 1 saturated carbocycles. The van der Waals surface area contributed by atoms with E-state index in [1.807, 2.05) is 0 Å². The Balaban J connectivity index is 1.76. The molecule has 3 aliphatic rings. The van der Waals surface area contributed by atoms with Crippen LogP contribution >= 0.6 is 0 Å². The van der Waals surface area contributed by atoms with Gasteiger partial charge >= 0.3 is 0 Å². The summed E-state index contributed by atoms with van der Waals surface area (Å²) in [5.41, 5.74) is -1.27. The number of aliphatic hydroxyl groups excluding tert-OH is 5. The predicted octanol–water partition coefficient (Wildman–Crippen LogP) is -2.58. The van der Waals surface area contributed by atoms with E-state index in [2.05, 4.69) is 0 Å². The minimum Gasteiger partial charge on any atom is -0.472 e. The van der Waals surface area contributed by atoms with Crippen LogP contribution in [0.15, 0.2) is 12.3 Å². The molecule has 2 aliphatic heterocycles. The van der Waals surface area contributed by atoms with Crippen LogP contribution in [-0.2, 0) is 14.2 Å². The predicted molar refractivity (Wildman–Crippen MR) is 77.1 cm³/mol. The normalized spacial score (nSPS) is 54.4. The van der Waals surface area contributed by atoms with Gasteiger partial charge < -0.3 is 44.8 Å². The summed E-state index contributed by atoms with van der Waals surface area (Å²) in [7, 11) is 0. The van der Waals surface area contributed by atoms with E-state index in [1.165, 1.54) is 6.26 Å². The van der Waals surface area contributed by atoms with E-state index in [-0.39, 0.29) is 6.42 Å². The summed E-state index contributed by atoms with van der Waals surface area (Å²) in [6.07, 6.45) is -5.74. The lowest BCUT2D eigenvalue weighted by molar-refractivity contribution is -0.331. The molecule has 0 aromatic rings. The van der Waals surface area contributed by atoms with Crippen LogP contribution in [0, 0.1) is 11.8 Å². The van der Waals surface area contributed by atoms with Crippen molar-refractivity contribution in [1.82, 2.24) is 0 Å². The fourth-order valence-corrected chi connectivity index (χ4v) is 3.86. The molecule has 2 fully saturated rings. The molecule has 5 unspecified atom stereocenters. The molecular weight excluding hydrogens is 324 g/mol. The van der Waals surface area contributed by atoms with Crippen LogP contribution < -0.4 is 0 Å². The van der Waals surface area contributed by atoms with Crippen molar-refractivity contribution in [2.24, 2.45) is 11.8 Å². The largest absolute Gasteiger partial charge is 0.472 e. The second-order valence-corrected chi connectivity index (χ2v) is 6.89. The quantitative estimate of drug-likeness (QED) is 0.323. The maximum Gasteiger partial charge on any atom is 0.205 e. The van der Waals surface area contributed by atoms with Crippen molar-refractivity contribution in [1.29, 1.82) is 0 Å². The van der Waals surface area contributed by atoms with Gasteiger partial charge in [0.15, 0.2) is 6.29 Å². The number of fused-ring (bicyclic) bond motifs is 1. The van der Waals surface area contributed by atoms with Crippen LogP contribution in [0.2, 0.25) is 0 Å². The molecule has 6 N–H and O–H groups in total. The summed E-state index contributed by atoms with van der Waals surface area (Å²) in [6.45, 7) is 0.983. The molecule has 24 heavy (non-hydrogen) atoms. The highest BCUT2D eigenvalue weighted by Crippen LogP contribution is 2.46. The molecule has 138 valence electrons. The maximum absolute atomic E-state index is 10.5. The monoisotopic (exact) mass is 348 g/mol. The number of rotatable bonds is 3. The summed E-state index contributed by atoms with van der Waals surface area (Å²) < 4.78 is 16.0. The highest BCUT2D eigenvalue weighted by Gasteiger charge is 2.56. The Labute approximate surface area is 138 Å². The van der Waals surface area contributed by atoms with Crippen LogP contribution in [0.25, 0.3) is 0 Å². The molecule has 1 aliphatic carbocycles. The van der Waals surface area contributed by atoms with Gasteiger partial charge in [0.05, 0.1) is 30.5 Å². The Kier molecular flexibility index (Phi) is 4.89. The van der Waals surface area contributed by atoms with Crippen LogP contribution in [0.3, 0.4) is 0 Å². The first kappa shape index (κ1) is 18.0. The molecule has 0 radical (unpaired) electrons. The van der Waals surface area contributed by atoms with Gasteiger partial charge in [-0.3, -0.25) is 0 Å². The Bertz CT molecular complexity index is 482. The fourth-order valence-electron chi connectivity index (χ4n) is 3.86. The average molecular weight is 348 g/mol. The molecule has 0 aromatic heterocycles. The van der Waals surface area contributed by atoms with Crippen LogP contribution in [-0.4, -0.2) is 85.9 Å². The van der Waals surface area contributed by atoms with Crippen LogP contribution in [0.1, 0.15) is 13.3 Å². The zero-order chi connectivity index (χ0) is 17.6. The Morgan fingerprint density at radius 2 is 1.92 bits per heavy atom. The van der Waals surface area contributed by atoms with Gasteiger partial charge in [-0.1, -0.05) is 0 Å². The highest BCUT2D eigenvalue weighted by molar-refractivity contribution is 5.10. The standard InChI is InChI=1S/C15H24O9/c1-15(21)4-7(17)6-2-3-22-14(9(6)15)24-12-11(19)10(18)8(5-16)23-13(12)20/h2-3,6-14,16-21H,4-5H2,1H3/t6?,7?,8-,9?,10-,11+,12-,13-,14?,15?/m1/s1. The molecule has 9 nitrogen and oxygen atoms in total. The maximum atomic E-state index is 10.5. The van der Waals surface area contributed by atoms with Crippen molar-refractivity contribution >= 4 is 0 Å². The third kappa shape index (κ3) is 2.95. The van der Waals surface area contributed by atoms with Gasteiger partial charge in [0.25, 0.3) is 0 Å². The van der Waals surface area contributed by atoms with E-state index in [4.69, 9.17) is 19.3 Å². The van der Waals surface area contributed by atoms with Crippen molar-refractivity contribution in [2.75, 3.05) is 6.61 Å². The minimum absolute atomic E-state index is 0.136. The summed E-state index contributed by atoms with van der Waals surface area (Å²) in [6, 6.07) is 0. The summed E-state index contributed by atoms with van der Waals surface area (Å²) >= 11 is 0. The lowest BCUT2D eigenvalue weighted by atomic mass is 9.85. The van der Waals surface area contributed by atoms with Crippen molar-refractivity contribution in [3.63, 3.8) is 0 Å². The first-order valence-corrected chi connectivity index (χ1v) is 7.95. The summed E-state index contributed by atoms with van der Waals surface area (Å²) in [4.78, 5) is 0. The number of ether oxygens (including phenoxy) is 3. The van der Waals surface area contributed by atoms with Crippen LogP contribution in [0.4, 0.5) is 0 Å². The first-order valence-electron chi connectivity index (χ1n) is 7.95. The Morgan fingerprint density at radius 3 is 2.58 bits per heavy atom. The van der Waals surface area contributed by atoms with Gasteiger partial charge in [-0.2, -0.15) is 0 Å². The molecule has 10 atom stereocenters. The van der Waals surface area contributed by atoms with Gasteiger partial charge in [0, 0.05) is 12.3 Å². The lowest BCUT2D eigenvalue weighted by Gasteiger charge is -2.43. The molecule has 1 saturated heterocycles. The average Bonchev–Trinajstić information content (AvgIpc) is 2.77. The van der Waals surface area contributed by atoms with Gasteiger partial charge in [-0.25, -0.2) is 0 Å². The van der Waals surface area contributed by atoms with Gasteiger partial charge in [0.2, 0.25) is 6.29 Å². The first-order chi connectivity index (χ1) is 11.3. The van der Waals surface area contributed by atoms with E-state index >= 15 is 0 Å². The summed E-state index contributed by atoms with van der Waals surface area (Å²) in [5, 5.41) is 59.8. The molecule has 9 heteroatoms. The highest BCUT2D eigenvalue weighted by atomic mass is 16.7. The van der Waals surface area contributed by atoms with Crippen molar-refractivity contribution in [3.05, 3.63) is 12.3 Å². The smallest absolute Gasteiger partial charge is 0.205 e. The van der Waals surface area contributed by atoms with E-state index in [0.717, 1.165) is 0 Å².